The topological polar surface area (TPSA) is 54.9 Å². The fraction of sp³-hybridized carbons (Fsp3) is 0.667. The Balaban J connectivity index is 1.36. The molecule has 3 aliphatic heterocycles. The minimum absolute atomic E-state index is 0.0514. The lowest BCUT2D eigenvalue weighted by Crippen LogP contribution is -2.43. The summed E-state index contributed by atoms with van der Waals surface area (Å²) in [6.07, 6.45) is 4.04. The van der Waals surface area contributed by atoms with Crippen LogP contribution in [0.2, 0.25) is 0 Å². The summed E-state index contributed by atoms with van der Waals surface area (Å²) in [5.74, 6) is 0.382. The molecule has 2 atom stereocenters. The van der Waals surface area contributed by atoms with Crippen molar-refractivity contribution in [1.29, 1.82) is 0 Å². The lowest BCUT2D eigenvalue weighted by molar-refractivity contribution is 0.0188. The molecule has 3 fully saturated rings. The minimum Gasteiger partial charge on any atom is -0.380 e. The molecule has 130 valence electrons. The molecule has 0 aliphatic carbocycles. The van der Waals surface area contributed by atoms with Crippen molar-refractivity contribution in [3.05, 3.63) is 30.1 Å². The van der Waals surface area contributed by atoms with Gasteiger partial charge in [0.1, 0.15) is 0 Å². The summed E-state index contributed by atoms with van der Waals surface area (Å²) >= 11 is 0. The highest BCUT2D eigenvalue weighted by Gasteiger charge is 2.52. The van der Waals surface area contributed by atoms with Crippen LogP contribution in [0.3, 0.4) is 0 Å². The first-order valence-corrected chi connectivity index (χ1v) is 8.86. The lowest BCUT2D eigenvalue weighted by atomic mass is 9.82. The van der Waals surface area contributed by atoms with E-state index in [1.54, 1.807) is 6.20 Å². The molecule has 6 nitrogen and oxygen atoms in total. The second kappa shape index (κ2) is 6.69. The average molecular weight is 331 g/mol. The lowest BCUT2D eigenvalue weighted by Gasteiger charge is -2.28. The van der Waals surface area contributed by atoms with Crippen molar-refractivity contribution in [3.8, 4) is 0 Å². The molecule has 24 heavy (non-hydrogen) atoms. The van der Waals surface area contributed by atoms with Gasteiger partial charge in [-0.1, -0.05) is 6.07 Å². The van der Waals surface area contributed by atoms with Gasteiger partial charge in [-0.05, 0) is 25.0 Å². The molecule has 3 saturated heterocycles. The van der Waals surface area contributed by atoms with E-state index in [4.69, 9.17) is 9.47 Å². The van der Waals surface area contributed by atoms with Crippen LogP contribution in [0.1, 0.15) is 18.5 Å². The molecule has 4 heterocycles. The predicted molar refractivity (Wildman–Crippen MR) is 88.4 cm³/mol. The van der Waals surface area contributed by atoms with E-state index in [1.807, 2.05) is 28.0 Å². The molecule has 1 aromatic rings. The third-order valence-corrected chi connectivity index (χ3v) is 5.53. The van der Waals surface area contributed by atoms with Crippen LogP contribution in [-0.4, -0.2) is 66.8 Å². The number of likely N-dealkylation sites (tertiary alicyclic amines) is 2. The van der Waals surface area contributed by atoms with Crippen molar-refractivity contribution in [2.75, 3.05) is 46.0 Å². The highest BCUT2D eigenvalue weighted by Crippen LogP contribution is 2.42. The number of hydrogen-bond donors (Lipinski definition) is 0. The van der Waals surface area contributed by atoms with Crippen LogP contribution in [0, 0.1) is 11.3 Å². The number of carbonyl (C=O) groups excluding carboxylic acids is 1. The van der Waals surface area contributed by atoms with Gasteiger partial charge in [0.25, 0.3) is 0 Å². The number of rotatable bonds is 4. The minimum atomic E-state index is -0.0514. The quantitative estimate of drug-likeness (QED) is 0.844. The zero-order chi connectivity index (χ0) is 16.4. The monoisotopic (exact) mass is 331 g/mol. The van der Waals surface area contributed by atoms with Crippen LogP contribution in [0.5, 0.6) is 0 Å². The van der Waals surface area contributed by atoms with Gasteiger partial charge in [-0.2, -0.15) is 0 Å². The largest absolute Gasteiger partial charge is 0.380 e. The Labute approximate surface area is 142 Å². The van der Waals surface area contributed by atoms with E-state index in [9.17, 15) is 4.79 Å². The number of amides is 2. The molecule has 3 aliphatic rings. The number of carbonyl (C=O) groups is 1. The van der Waals surface area contributed by atoms with Crippen LogP contribution >= 0.6 is 0 Å². The van der Waals surface area contributed by atoms with Gasteiger partial charge in [-0.25, -0.2) is 4.79 Å². The molecule has 2 amide bonds. The highest BCUT2D eigenvalue weighted by atomic mass is 16.5. The molecule has 6 heteroatoms. The number of nitrogens with zero attached hydrogens (tertiary/aromatic N) is 3. The van der Waals surface area contributed by atoms with Crippen molar-refractivity contribution in [2.24, 2.45) is 11.3 Å². The van der Waals surface area contributed by atoms with E-state index < -0.39 is 0 Å². The summed E-state index contributed by atoms with van der Waals surface area (Å²) in [6.45, 7) is 5.89. The van der Waals surface area contributed by atoms with Gasteiger partial charge < -0.3 is 19.3 Å². The standard InChI is InChI=1S/C18H25N3O3/c22-17(20-7-3-4-8-20)21-9-15-10-23-13-18(15,12-21)14-24-11-16-5-1-2-6-19-16/h1-2,5-6,15H,3-4,7-14H2/t15-,18+/m1/s1. The van der Waals surface area contributed by atoms with Gasteiger partial charge in [-0.15, -0.1) is 0 Å². The Bertz CT molecular complexity index is 576. The van der Waals surface area contributed by atoms with Crippen molar-refractivity contribution >= 4 is 6.03 Å². The maximum atomic E-state index is 12.7. The van der Waals surface area contributed by atoms with Crippen LogP contribution in [-0.2, 0) is 16.1 Å². The number of fused-ring (bicyclic) bond motifs is 1. The van der Waals surface area contributed by atoms with E-state index in [0.717, 1.165) is 51.3 Å². The van der Waals surface area contributed by atoms with Gasteiger partial charge in [0.2, 0.25) is 0 Å². The van der Waals surface area contributed by atoms with Gasteiger partial charge in [0, 0.05) is 43.7 Å². The summed E-state index contributed by atoms with van der Waals surface area (Å²) < 4.78 is 11.7. The average Bonchev–Trinajstić information content (AvgIpc) is 3.31. The molecule has 0 aromatic carbocycles. The van der Waals surface area contributed by atoms with Crippen LogP contribution < -0.4 is 0 Å². The molecule has 0 saturated carbocycles. The van der Waals surface area contributed by atoms with Crippen LogP contribution in [0.4, 0.5) is 4.79 Å². The predicted octanol–water partition coefficient (Wildman–Crippen LogP) is 1.76. The molecule has 1 aromatic heterocycles. The van der Waals surface area contributed by atoms with E-state index >= 15 is 0 Å². The van der Waals surface area contributed by atoms with E-state index in [0.29, 0.717) is 25.7 Å². The Hall–Kier alpha value is -1.66. The number of urea groups is 1. The molecule has 4 rings (SSSR count). The number of hydrogen-bond acceptors (Lipinski definition) is 4. The summed E-state index contributed by atoms with van der Waals surface area (Å²) in [7, 11) is 0. The smallest absolute Gasteiger partial charge is 0.320 e. The maximum Gasteiger partial charge on any atom is 0.320 e. The summed E-state index contributed by atoms with van der Waals surface area (Å²) in [5.41, 5.74) is 0.886. The van der Waals surface area contributed by atoms with Gasteiger partial charge in [-0.3, -0.25) is 4.98 Å². The van der Waals surface area contributed by atoms with Gasteiger partial charge >= 0.3 is 6.03 Å². The molecular weight excluding hydrogens is 306 g/mol. The zero-order valence-electron chi connectivity index (χ0n) is 14.0. The number of ether oxygens (including phenoxy) is 2. The second-order valence-electron chi connectivity index (χ2n) is 7.25. The van der Waals surface area contributed by atoms with Crippen LogP contribution in [0.15, 0.2) is 24.4 Å². The Morgan fingerprint density at radius 3 is 3.00 bits per heavy atom. The van der Waals surface area contributed by atoms with E-state index in [1.165, 1.54) is 0 Å². The first-order chi connectivity index (χ1) is 11.8. The highest BCUT2D eigenvalue weighted by molar-refractivity contribution is 5.75. The Kier molecular flexibility index (Phi) is 4.41. The zero-order valence-corrected chi connectivity index (χ0v) is 14.0. The third kappa shape index (κ3) is 3.00. The molecule has 0 bridgehead atoms. The normalized spacial score (nSPS) is 29.2. The van der Waals surface area contributed by atoms with E-state index in [2.05, 4.69) is 4.98 Å². The van der Waals surface area contributed by atoms with Crippen molar-refractivity contribution < 1.29 is 14.3 Å². The second-order valence-corrected chi connectivity index (χ2v) is 7.25. The fourth-order valence-electron chi connectivity index (χ4n) is 4.13. The van der Waals surface area contributed by atoms with Crippen molar-refractivity contribution in [3.63, 3.8) is 0 Å². The third-order valence-electron chi connectivity index (χ3n) is 5.53. The van der Waals surface area contributed by atoms with Crippen molar-refractivity contribution in [2.45, 2.75) is 19.4 Å². The molecule has 0 radical (unpaired) electrons. The fourth-order valence-corrected chi connectivity index (χ4v) is 4.13. The van der Waals surface area contributed by atoms with E-state index in [-0.39, 0.29) is 11.4 Å². The first-order valence-electron chi connectivity index (χ1n) is 8.86. The number of aromatic nitrogens is 1. The van der Waals surface area contributed by atoms with Crippen LogP contribution in [0.25, 0.3) is 0 Å². The van der Waals surface area contributed by atoms with Crippen molar-refractivity contribution in [1.82, 2.24) is 14.8 Å². The summed E-state index contributed by atoms with van der Waals surface area (Å²) in [5, 5.41) is 0. The van der Waals surface area contributed by atoms with Gasteiger partial charge in [0.05, 0.1) is 32.1 Å². The number of pyridine rings is 1. The summed E-state index contributed by atoms with van der Waals surface area (Å²) in [6, 6.07) is 6.04. The molecule has 0 spiro atoms. The first kappa shape index (κ1) is 15.8. The Morgan fingerprint density at radius 1 is 1.33 bits per heavy atom. The summed E-state index contributed by atoms with van der Waals surface area (Å²) in [4.78, 5) is 21.0. The SMILES string of the molecule is O=C(N1CCCC1)N1C[C@@H]2COC[C@]2(COCc2ccccn2)C1. The molecule has 0 N–H and O–H groups in total. The molecular formula is C18H25N3O3. The van der Waals surface area contributed by atoms with Gasteiger partial charge in [0.15, 0.2) is 0 Å². The maximum absolute atomic E-state index is 12.7. The Morgan fingerprint density at radius 2 is 2.21 bits per heavy atom. The molecule has 0 unspecified atom stereocenters.